The Balaban J connectivity index is 1.87. The van der Waals surface area contributed by atoms with Crippen LogP contribution in [0.3, 0.4) is 0 Å². The number of rotatable bonds is 2. The first-order chi connectivity index (χ1) is 9.69. The summed E-state index contributed by atoms with van der Waals surface area (Å²) in [5, 5.41) is 1.15. The number of piperidine rings is 1. The molecule has 1 aromatic heterocycles. The van der Waals surface area contributed by atoms with Gasteiger partial charge in [-0.15, -0.1) is 11.3 Å². The van der Waals surface area contributed by atoms with Crippen molar-refractivity contribution >= 4 is 27.3 Å². The van der Waals surface area contributed by atoms with Crippen molar-refractivity contribution in [1.29, 1.82) is 0 Å². The zero-order chi connectivity index (χ0) is 14.1. The highest BCUT2D eigenvalue weighted by molar-refractivity contribution is 7.20. The van der Waals surface area contributed by atoms with Gasteiger partial charge in [-0.25, -0.2) is 0 Å². The Morgan fingerprint density at radius 3 is 3.00 bits per heavy atom. The maximum Gasteiger partial charge on any atom is 0.264 e. The normalized spacial score (nSPS) is 23.2. The maximum atomic E-state index is 12.7. The molecule has 3 nitrogen and oxygen atoms in total. The second kappa shape index (κ2) is 5.54. The van der Waals surface area contributed by atoms with Gasteiger partial charge in [0.1, 0.15) is 0 Å². The summed E-state index contributed by atoms with van der Waals surface area (Å²) in [4.78, 5) is 15.5. The number of nitrogens with two attached hydrogens (primary N) is 1. The zero-order valence-electron chi connectivity index (χ0n) is 11.7. The molecule has 20 heavy (non-hydrogen) atoms. The van der Waals surface area contributed by atoms with Gasteiger partial charge in [0.15, 0.2) is 0 Å². The quantitative estimate of drug-likeness (QED) is 0.923. The maximum absolute atomic E-state index is 12.7. The van der Waals surface area contributed by atoms with E-state index in [0.717, 1.165) is 29.6 Å². The Kier molecular flexibility index (Phi) is 3.76. The van der Waals surface area contributed by atoms with Crippen LogP contribution in [-0.2, 0) is 0 Å². The number of carbonyl (C=O) groups excluding carboxylic acids is 1. The number of hydrogen-bond donors (Lipinski definition) is 1. The minimum atomic E-state index is 0.147. The van der Waals surface area contributed by atoms with Crippen molar-refractivity contribution < 1.29 is 4.79 Å². The molecule has 3 rings (SSSR count). The van der Waals surface area contributed by atoms with Crippen molar-refractivity contribution in [2.24, 2.45) is 11.7 Å². The van der Waals surface area contributed by atoms with Crippen LogP contribution in [-0.4, -0.2) is 29.9 Å². The lowest BCUT2D eigenvalue weighted by Gasteiger charge is -2.37. The zero-order valence-corrected chi connectivity index (χ0v) is 12.5. The van der Waals surface area contributed by atoms with E-state index in [2.05, 4.69) is 19.1 Å². The Morgan fingerprint density at radius 1 is 1.45 bits per heavy atom. The van der Waals surface area contributed by atoms with Crippen molar-refractivity contribution in [3.8, 4) is 0 Å². The number of amides is 1. The van der Waals surface area contributed by atoms with Crippen LogP contribution in [0.15, 0.2) is 30.3 Å². The first-order valence-corrected chi connectivity index (χ1v) is 8.00. The van der Waals surface area contributed by atoms with E-state index < -0.39 is 0 Å². The molecule has 2 aromatic rings. The predicted molar refractivity (Wildman–Crippen MR) is 84.1 cm³/mol. The highest BCUT2D eigenvalue weighted by Crippen LogP contribution is 2.29. The van der Waals surface area contributed by atoms with E-state index in [1.807, 2.05) is 23.1 Å². The lowest BCUT2D eigenvalue weighted by molar-refractivity contribution is 0.0579. The van der Waals surface area contributed by atoms with E-state index >= 15 is 0 Å². The van der Waals surface area contributed by atoms with Gasteiger partial charge >= 0.3 is 0 Å². The van der Waals surface area contributed by atoms with Crippen molar-refractivity contribution in [3.63, 3.8) is 0 Å². The summed E-state index contributed by atoms with van der Waals surface area (Å²) in [6.45, 7) is 3.63. The summed E-state index contributed by atoms with van der Waals surface area (Å²) < 4.78 is 1.17. The molecule has 4 heteroatoms. The van der Waals surface area contributed by atoms with E-state index in [1.165, 1.54) is 4.70 Å². The van der Waals surface area contributed by atoms with Crippen LogP contribution in [0.2, 0.25) is 0 Å². The van der Waals surface area contributed by atoms with E-state index in [1.54, 1.807) is 11.3 Å². The van der Waals surface area contributed by atoms with Crippen molar-refractivity contribution in [2.45, 2.75) is 25.8 Å². The fourth-order valence-corrected chi connectivity index (χ4v) is 3.99. The monoisotopic (exact) mass is 288 g/mol. The standard InChI is InChI=1S/C16H20N2OS/c1-11-6-7-18(13(8-11)10-17)16(19)15-9-12-4-2-3-5-14(12)20-15/h2-5,9,11,13H,6-8,10,17H2,1H3. The van der Waals surface area contributed by atoms with Crippen LogP contribution < -0.4 is 5.73 Å². The molecule has 1 amide bonds. The third-order valence-electron chi connectivity index (χ3n) is 4.15. The van der Waals surface area contributed by atoms with Gasteiger partial charge in [-0.2, -0.15) is 0 Å². The average Bonchev–Trinajstić information content (AvgIpc) is 2.90. The molecular weight excluding hydrogens is 268 g/mol. The molecule has 1 aromatic carbocycles. The number of thiophene rings is 1. The average molecular weight is 288 g/mol. The number of likely N-dealkylation sites (tertiary alicyclic amines) is 1. The summed E-state index contributed by atoms with van der Waals surface area (Å²) in [7, 11) is 0. The lowest BCUT2D eigenvalue weighted by Crippen LogP contribution is -2.49. The fraction of sp³-hybridized carbons (Fsp3) is 0.438. The molecule has 2 N–H and O–H groups in total. The van der Waals surface area contributed by atoms with Crippen LogP contribution in [0.5, 0.6) is 0 Å². The Bertz CT molecular complexity index is 589. The molecule has 1 saturated heterocycles. The number of nitrogens with zero attached hydrogens (tertiary/aromatic N) is 1. The topological polar surface area (TPSA) is 46.3 Å². The van der Waals surface area contributed by atoms with Crippen LogP contribution in [0, 0.1) is 5.92 Å². The number of benzene rings is 1. The van der Waals surface area contributed by atoms with Crippen LogP contribution in [0.4, 0.5) is 0 Å². The highest BCUT2D eigenvalue weighted by atomic mass is 32.1. The van der Waals surface area contributed by atoms with Gasteiger partial charge in [-0.1, -0.05) is 25.1 Å². The second-order valence-electron chi connectivity index (χ2n) is 5.67. The Labute approximate surface area is 123 Å². The molecule has 2 unspecified atom stereocenters. The largest absolute Gasteiger partial charge is 0.334 e. The van der Waals surface area contributed by atoms with Crippen molar-refractivity contribution in [2.75, 3.05) is 13.1 Å². The van der Waals surface area contributed by atoms with E-state index in [9.17, 15) is 4.79 Å². The fourth-order valence-electron chi connectivity index (χ4n) is 2.97. The number of hydrogen-bond acceptors (Lipinski definition) is 3. The summed E-state index contributed by atoms with van der Waals surface area (Å²) in [5.41, 5.74) is 5.86. The van der Waals surface area contributed by atoms with Crippen LogP contribution >= 0.6 is 11.3 Å². The second-order valence-corrected chi connectivity index (χ2v) is 6.75. The third-order valence-corrected chi connectivity index (χ3v) is 5.25. The molecule has 1 fully saturated rings. The molecule has 0 radical (unpaired) electrons. The van der Waals surface area contributed by atoms with E-state index in [0.29, 0.717) is 12.5 Å². The minimum absolute atomic E-state index is 0.147. The van der Waals surface area contributed by atoms with Crippen molar-refractivity contribution in [1.82, 2.24) is 4.90 Å². The molecule has 0 spiro atoms. The number of carbonyl (C=O) groups is 1. The summed E-state index contributed by atoms with van der Waals surface area (Å²) in [5.74, 6) is 0.809. The van der Waals surface area contributed by atoms with Gasteiger partial charge < -0.3 is 10.6 Å². The summed E-state index contributed by atoms with van der Waals surface area (Å²) >= 11 is 1.58. The van der Waals surface area contributed by atoms with Gasteiger partial charge in [0.2, 0.25) is 0 Å². The highest BCUT2D eigenvalue weighted by Gasteiger charge is 2.30. The first kappa shape index (κ1) is 13.6. The molecule has 2 heterocycles. The lowest BCUT2D eigenvalue weighted by atomic mass is 9.92. The van der Waals surface area contributed by atoms with E-state index in [-0.39, 0.29) is 11.9 Å². The van der Waals surface area contributed by atoms with Gasteiger partial charge in [0.05, 0.1) is 4.88 Å². The number of fused-ring (bicyclic) bond motifs is 1. The van der Waals surface area contributed by atoms with Gasteiger partial charge in [-0.3, -0.25) is 4.79 Å². The van der Waals surface area contributed by atoms with Crippen molar-refractivity contribution in [3.05, 3.63) is 35.2 Å². The minimum Gasteiger partial charge on any atom is -0.334 e. The molecule has 0 aliphatic carbocycles. The first-order valence-electron chi connectivity index (χ1n) is 7.18. The molecule has 0 saturated carbocycles. The van der Waals surface area contributed by atoms with E-state index in [4.69, 9.17) is 5.73 Å². The Morgan fingerprint density at radius 2 is 2.25 bits per heavy atom. The molecule has 2 atom stereocenters. The molecular formula is C16H20N2OS. The van der Waals surface area contributed by atoms with Crippen LogP contribution in [0.25, 0.3) is 10.1 Å². The molecule has 1 aliphatic heterocycles. The van der Waals surface area contributed by atoms with Gasteiger partial charge in [0, 0.05) is 23.8 Å². The van der Waals surface area contributed by atoms with Gasteiger partial charge in [-0.05, 0) is 36.3 Å². The molecule has 1 aliphatic rings. The SMILES string of the molecule is CC1CCN(C(=O)c2cc3ccccc3s2)C(CN)C1. The summed E-state index contributed by atoms with van der Waals surface area (Å²) in [6.07, 6.45) is 2.10. The summed E-state index contributed by atoms with van der Waals surface area (Å²) in [6, 6.07) is 10.3. The Hall–Kier alpha value is -1.39. The molecule has 106 valence electrons. The third kappa shape index (κ3) is 2.45. The van der Waals surface area contributed by atoms with Crippen LogP contribution in [0.1, 0.15) is 29.4 Å². The van der Waals surface area contributed by atoms with Gasteiger partial charge in [0.25, 0.3) is 5.91 Å². The predicted octanol–water partition coefficient (Wildman–Crippen LogP) is 3.10. The molecule has 0 bridgehead atoms. The smallest absolute Gasteiger partial charge is 0.264 e.